The number of nitrogens with zero attached hydrogens (tertiary/aromatic N) is 2. The summed E-state index contributed by atoms with van der Waals surface area (Å²) < 4.78 is 61.7. The number of carbonyl (C=O) groups excluding carboxylic acids is 4. The van der Waals surface area contributed by atoms with Crippen LogP contribution in [-0.2, 0) is 29.0 Å². The fourth-order valence-electron chi connectivity index (χ4n) is 5.87. The van der Waals surface area contributed by atoms with Crippen LogP contribution in [0.3, 0.4) is 0 Å². The smallest absolute Gasteiger partial charge is 0.356 e. The van der Waals surface area contributed by atoms with Crippen molar-refractivity contribution in [2.75, 3.05) is 18.8 Å². The molecule has 1 aliphatic carbocycles. The standard InChI is InChI=1S/C22H26Cl2F3N5O6S/c1-20(4-2-6-39(20,37)38)15(31-19(36)22(25,26)27)18(35)32-9-12-13(21(12,23)24)14(32)17(34)30-11(8-28)7-10-3-5-29-16(10)33/h10-15H,2-7,9H2,1H3,(H,29,33)(H,30,34)(H,31,36)/t10-,11-,12-,13-,14-,15+,20?/m0/s1. The van der Waals surface area contributed by atoms with Gasteiger partial charge in [-0.2, -0.15) is 18.4 Å². The van der Waals surface area contributed by atoms with Crippen LogP contribution in [-0.4, -0.2) is 89.2 Å². The summed E-state index contributed by atoms with van der Waals surface area (Å²) in [7, 11) is -4.12. The maximum absolute atomic E-state index is 13.8. The Morgan fingerprint density at radius 3 is 2.46 bits per heavy atom. The summed E-state index contributed by atoms with van der Waals surface area (Å²) in [6.45, 7) is 1.22. The quantitative estimate of drug-likeness (QED) is 0.343. The molecule has 4 amide bonds. The fraction of sp³-hybridized carbons (Fsp3) is 0.773. The number of sulfone groups is 1. The van der Waals surface area contributed by atoms with Crippen LogP contribution in [0.15, 0.2) is 0 Å². The zero-order valence-corrected chi connectivity index (χ0v) is 22.9. The Labute approximate surface area is 232 Å². The Morgan fingerprint density at radius 2 is 1.95 bits per heavy atom. The number of piperidine rings is 1. The highest BCUT2D eigenvalue weighted by Crippen LogP contribution is 2.65. The largest absolute Gasteiger partial charge is 0.471 e. The third-order valence-electron chi connectivity index (χ3n) is 8.23. The number of likely N-dealkylation sites (tertiary alicyclic amines) is 1. The first-order valence-electron chi connectivity index (χ1n) is 12.2. The normalized spacial score (nSPS) is 33.9. The Hall–Kier alpha value is -2.31. The summed E-state index contributed by atoms with van der Waals surface area (Å²) >= 11 is 12.6. The van der Waals surface area contributed by atoms with Gasteiger partial charge in [0.15, 0.2) is 9.84 Å². The molecule has 4 fully saturated rings. The van der Waals surface area contributed by atoms with E-state index in [4.69, 9.17) is 23.2 Å². The van der Waals surface area contributed by atoms with Gasteiger partial charge in [-0.05, 0) is 32.6 Å². The predicted molar refractivity (Wildman–Crippen MR) is 130 cm³/mol. The number of nitriles is 1. The number of halogens is 5. The third-order valence-corrected chi connectivity index (χ3v) is 12.0. The molecule has 7 atom stereocenters. The van der Waals surface area contributed by atoms with E-state index in [2.05, 4.69) is 10.6 Å². The number of fused-ring (bicyclic) bond motifs is 1. The van der Waals surface area contributed by atoms with Crippen LogP contribution < -0.4 is 16.0 Å². The molecule has 17 heteroatoms. The summed E-state index contributed by atoms with van der Waals surface area (Å²) in [5.41, 5.74) is 0. The third kappa shape index (κ3) is 5.15. The van der Waals surface area contributed by atoms with Gasteiger partial charge in [0.1, 0.15) is 22.5 Å². The second-order valence-corrected chi connectivity index (χ2v) is 14.6. The number of nitrogens with one attached hydrogen (secondary N) is 3. The van der Waals surface area contributed by atoms with E-state index in [1.54, 1.807) is 5.32 Å². The zero-order chi connectivity index (χ0) is 29.1. The molecule has 3 heterocycles. The van der Waals surface area contributed by atoms with Crippen molar-refractivity contribution in [3.63, 3.8) is 0 Å². The Morgan fingerprint density at radius 1 is 1.28 bits per heavy atom. The van der Waals surface area contributed by atoms with Gasteiger partial charge in [0.25, 0.3) is 0 Å². The maximum Gasteiger partial charge on any atom is 0.471 e. The van der Waals surface area contributed by atoms with Crippen molar-refractivity contribution in [2.45, 2.75) is 66.0 Å². The minimum atomic E-state index is -5.41. The Bertz CT molecular complexity index is 1240. The van der Waals surface area contributed by atoms with Gasteiger partial charge in [-0.1, -0.05) is 0 Å². The highest BCUT2D eigenvalue weighted by Gasteiger charge is 2.74. The number of hydrogen-bond donors (Lipinski definition) is 3. The van der Waals surface area contributed by atoms with E-state index in [9.17, 15) is 46.0 Å². The lowest BCUT2D eigenvalue weighted by atomic mass is 9.94. The Balaban J connectivity index is 1.62. The molecule has 11 nitrogen and oxygen atoms in total. The highest BCUT2D eigenvalue weighted by atomic mass is 35.5. The molecule has 0 spiro atoms. The van der Waals surface area contributed by atoms with Crippen molar-refractivity contribution in [1.82, 2.24) is 20.9 Å². The number of amides is 4. The van der Waals surface area contributed by atoms with Crippen LogP contribution in [0.2, 0.25) is 0 Å². The molecule has 0 bridgehead atoms. The van der Waals surface area contributed by atoms with Gasteiger partial charge in [0.05, 0.1) is 16.6 Å². The van der Waals surface area contributed by atoms with Crippen molar-refractivity contribution < 1.29 is 40.8 Å². The molecule has 1 unspecified atom stereocenters. The number of hydrogen-bond acceptors (Lipinski definition) is 7. The first kappa shape index (κ1) is 29.7. The van der Waals surface area contributed by atoms with Crippen molar-refractivity contribution in [1.29, 1.82) is 5.26 Å². The van der Waals surface area contributed by atoms with Crippen molar-refractivity contribution >= 4 is 56.7 Å². The Kier molecular flexibility index (Phi) is 7.57. The fourth-order valence-corrected chi connectivity index (χ4v) is 8.66. The van der Waals surface area contributed by atoms with Crippen LogP contribution in [0.1, 0.15) is 32.6 Å². The molecule has 3 aliphatic heterocycles. The highest BCUT2D eigenvalue weighted by molar-refractivity contribution is 7.93. The average molecular weight is 616 g/mol. The predicted octanol–water partition coefficient (Wildman–Crippen LogP) is 0.166. The second kappa shape index (κ2) is 9.95. The van der Waals surface area contributed by atoms with Crippen LogP contribution in [0.5, 0.6) is 0 Å². The lowest BCUT2D eigenvalue weighted by Gasteiger charge is -2.38. The molecule has 3 N–H and O–H groups in total. The van der Waals surface area contributed by atoms with E-state index in [1.165, 1.54) is 0 Å². The molecular formula is C22H26Cl2F3N5O6S. The molecule has 39 heavy (non-hydrogen) atoms. The van der Waals surface area contributed by atoms with E-state index in [0.29, 0.717) is 13.0 Å². The molecule has 4 rings (SSSR count). The van der Waals surface area contributed by atoms with Crippen molar-refractivity contribution in [3.8, 4) is 6.07 Å². The number of rotatable bonds is 7. The molecule has 0 aromatic rings. The van der Waals surface area contributed by atoms with Gasteiger partial charge in [-0.3, -0.25) is 19.2 Å². The zero-order valence-electron chi connectivity index (χ0n) is 20.6. The molecule has 1 saturated carbocycles. The van der Waals surface area contributed by atoms with Crippen LogP contribution >= 0.6 is 23.2 Å². The van der Waals surface area contributed by atoms with E-state index in [1.807, 2.05) is 6.07 Å². The first-order valence-corrected chi connectivity index (χ1v) is 14.6. The first-order chi connectivity index (χ1) is 18.0. The SMILES string of the molecule is CC1([C@H](NC(=O)C(F)(F)F)C(=O)N2C[C@H]3[C@@H]([C@H]2C(=O)N[C@H](C#N)C[C@@H]2CCNC2=O)C3(Cl)Cl)CCCS1(=O)=O. The lowest BCUT2D eigenvalue weighted by Crippen LogP contribution is -2.65. The molecule has 3 saturated heterocycles. The summed E-state index contributed by atoms with van der Waals surface area (Å²) in [4.78, 5) is 51.8. The molecule has 0 radical (unpaired) electrons. The summed E-state index contributed by atoms with van der Waals surface area (Å²) in [5.74, 6) is -7.31. The minimum absolute atomic E-state index is 0.0176. The van der Waals surface area contributed by atoms with E-state index >= 15 is 0 Å². The van der Waals surface area contributed by atoms with Crippen LogP contribution in [0.25, 0.3) is 0 Å². The lowest BCUT2D eigenvalue weighted by molar-refractivity contribution is -0.175. The molecule has 216 valence electrons. The minimum Gasteiger partial charge on any atom is -0.356 e. The molecule has 0 aromatic heterocycles. The van der Waals surface area contributed by atoms with E-state index in [-0.39, 0.29) is 31.7 Å². The number of carbonyl (C=O) groups is 4. The number of alkyl halides is 5. The van der Waals surface area contributed by atoms with Gasteiger partial charge in [0.2, 0.25) is 17.7 Å². The topological polar surface area (TPSA) is 166 Å². The second-order valence-electron chi connectivity index (χ2n) is 10.6. The van der Waals surface area contributed by atoms with E-state index in [0.717, 1.165) is 11.8 Å². The maximum atomic E-state index is 13.8. The van der Waals surface area contributed by atoms with E-state index < -0.39 is 84.4 Å². The van der Waals surface area contributed by atoms with Crippen molar-refractivity contribution in [3.05, 3.63) is 0 Å². The van der Waals surface area contributed by atoms with Gasteiger partial charge in [-0.25, -0.2) is 8.42 Å². The van der Waals surface area contributed by atoms with Gasteiger partial charge >= 0.3 is 12.1 Å². The average Bonchev–Trinajstić information content (AvgIpc) is 3.26. The molecule has 0 aromatic carbocycles. The van der Waals surface area contributed by atoms with Gasteiger partial charge in [0, 0.05) is 30.8 Å². The van der Waals surface area contributed by atoms with Gasteiger partial charge in [-0.15, -0.1) is 23.2 Å². The van der Waals surface area contributed by atoms with Gasteiger partial charge < -0.3 is 20.9 Å². The van der Waals surface area contributed by atoms with Crippen molar-refractivity contribution in [2.24, 2.45) is 17.8 Å². The monoisotopic (exact) mass is 615 g/mol. The molecular weight excluding hydrogens is 590 g/mol. The molecule has 4 aliphatic rings. The van der Waals surface area contributed by atoms with Crippen LogP contribution in [0, 0.1) is 29.1 Å². The summed E-state index contributed by atoms with van der Waals surface area (Å²) in [6, 6.07) is -2.87. The summed E-state index contributed by atoms with van der Waals surface area (Å²) in [5, 5.41) is 16.2. The van der Waals surface area contributed by atoms with Crippen LogP contribution in [0.4, 0.5) is 13.2 Å². The summed E-state index contributed by atoms with van der Waals surface area (Å²) in [6.07, 6.45) is -5.11.